The van der Waals surface area contributed by atoms with Crippen molar-refractivity contribution < 1.29 is 0 Å². The van der Waals surface area contributed by atoms with Crippen LogP contribution in [0.5, 0.6) is 0 Å². The van der Waals surface area contributed by atoms with Gasteiger partial charge < -0.3 is 5.32 Å². The van der Waals surface area contributed by atoms with Crippen LogP contribution in [0.1, 0.15) is 33.1 Å². The molecule has 1 fully saturated rings. The lowest BCUT2D eigenvalue weighted by molar-refractivity contribution is 0.160. The van der Waals surface area contributed by atoms with Gasteiger partial charge >= 0.3 is 0 Å². The number of rotatable bonds is 4. The van der Waals surface area contributed by atoms with Gasteiger partial charge in [0.15, 0.2) is 0 Å². The van der Waals surface area contributed by atoms with Gasteiger partial charge in [-0.1, -0.05) is 20.3 Å². The van der Waals surface area contributed by atoms with Crippen LogP contribution in [0.4, 0.5) is 0 Å². The molecular formula is C10H22N2. The highest BCUT2D eigenvalue weighted by molar-refractivity contribution is 4.75. The second kappa shape index (κ2) is 5.55. The monoisotopic (exact) mass is 170 g/mol. The average Bonchev–Trinajstić information content (AvgIpc) is 2.15. The Morgan fingerprint density at radius 1 is 1.25 bits per heavy atom. The lowest BCUT2D eigenvalue weighted by atomic mass is 10.1. The summed E-state index contributed by atoms with van der Waals surface area (Å²) < 4.78 is 0. The molecule has 1 rings (SSSR count). The van der Waals surface area contributed by atoms with Gasteiger partial charge in [0.1, 0.15) is 0 Å². The Morgan fingerprint density at radius 2 is 1.92 bits per heavy atom. The van der Waals surface area contributed by atoms with Crippen LogP contribution in [-0.2, 0) is 0 Å². The average molecular weight is 170 g/mol. The van der Waals surface area contributed by atoms with Crippen molar-refractivity contribution in [3.63, 3.8) is 0 Å². The van der Waals surface area contributed by atoms with E-state index in [0.29, 0.717) is 0 Å². The van der Waals surface area contributed by atoms with Gasteiger partial charge in [0.2, 0.25) is 0 Å². The zero-order valence-corrected chi connectivity index (χ0v) is 8.47. The number of piperazine rings is 1. The standard InChI is InChI=1S/C10H22N2/c1-3-5-10(4-2)12-8-6-11-7-9-12/h10-11H,3-9H2,1-2H3/t10-/m1/s1. The van der Waals surface area contributed by atoms with E-state index < -0.39 is 0 Å². The third-order valence-corrected chi connectivity index (χ3v) is 2.76. The molecule has 2 nitrogen and oxygen atoms in total. The van der Waals surface area contributed by atoms with E-state index in [1.165, 1.54) is 45.4 Å². The molecule has 2 heteroatoms. The summed E-state index contributed by atoms with van der Waals surface area (Å²) in [6.45, 7) is 9.45. The van der Waals surface area contributed by atoms with Gasteiger partial charge in [-0.2, -0.15) is 0 Å². The fraction of sp³-hybridized carbons (Fsp3) is 1.00. The molecule has 1 heterocycles. The highest BCUT2D eigenvalue weighted by Gasteiger charge is 2.17. The van der Waals surface area contributed by atoms with Gasteiger partial charge in [0.25, 0.3) is 0 Å². The van der Waals surface area contributed by atoms with E-state index in [-0.39, 0.29) is 0 Å². The minimum Gasteiger partial charge on any atom is -0.314 e. The molecule has 1 atom stereocenters. The molecule has 1 aliphatic rings. The van der Waals surface area contributed by atoms with Crippen LogP contribution in [-0.4, -0.2) is 37.1 Å². The molecule has 0 aromatic heterocycles. The Balaban J connectivity index is 2.29. The Bertz CT molecular complexity index is 106. The molecule has 0 unspecified atom stereocenters. The minimum absolute atomic E-state index is 0.845. The molecule has 72 valence electrons. The van der Waals surface area contributed by atoms with Crippen molar-refractivity contribution in [2.75, 3.05) is 26.2 Å². The molecule has 12 heavy (non-hydrogen) atoms. The van der Waals surface area contributed by atoms with Gasteiger partial charge in [-0.05, 0) is 12.8 Å². The lowest BCUT2D eigenvalue weighted by Crippen LogP contribution is -2.48. The van der Waals surface area contributed by atoms with E-state index in [0.717, 1.165) is 6.04 Å². The van der Waals surface area contributed by atoms with Crippen LogP contribution >= 0.6 is 0 Å². The van der Waals surface area contributed by atoms with E-state index in [1.807, 2.05) is 0 Å². The maximum Gasteiger partial charge on any atom is 0.0110 e. The molecule has 0 aromatic rings. The quantitative estimate of drug-likeness (QED) is 0.687. The predicted octanol–water partition coefficient (Wildman–Crippen LogP) is 1.47. The third kappa shape index (κ3) is 2.76. The molecular weight excluding hydrogens is 148 g/mol. The molecule has 0 bridgehead atoms. The summed E-state index contributed by atoms with van der Waals surface area (Å²) in [5.74, 6) is 0. The topological polar surface area (TPSA) is 15.3 Å². The van der Waals surface area contributed by atoms with Gasteiger partial charge in [-0.25, -0.2) is 0 Å². The molecule has 0 radical (unpaired) electrons. The summed E-state index contributed by atoms with van der Waals surface area (Å²) in [5, 5.41) is 3.39. The number of hydrogen-bond acceptors (Lipinski definition) is 2. The first-order valence-corrected chi connectivity index (χ1v) is 5.33. The number of nitrogens with one attached hydrogen (secondary N) is 1. The molecule has 1 N–H and O–H groups in total. The van der Waals surface area contributed by atoms with Crippen molar-refractivity contribution in [3.05, 3.63) is 0 Å². The summed E-state index contributed by atoms with van der Waals surface area (Å²) in [6, 6.07) is 0.845. The van der Waals surface area contributed by atoms with Crippen molar-refractivity contribution in [2.24, 2.45) is 0 Å². The maximum atomic E-state index is 3.39. The molecule has 0 amide bonds. The summed E-state index contributed by atoms with van der Waals surface area (Å²) >= 11 is 0. The van der Waals surface area contributed by atoms with Gasteiger partial charge in [0.05, 0.1) is 0 Å². The van der Waals surface area contributed by atoms with Gasteiger partial charge in [0, 0.05) is 32.2 Å². The molecule has 0 aromatic carbocycles. The lowest BCUT2D eigenvalue weighted by Gasteiger charge is -2.34. The SMILES string of the molecule is CCC[C@@H](CC)N1CCNCC1. The largest absolute Gasteiger partial charge is 0.314 e. The van der Waals surface area contributed by atoms with E-state index in [1.54, 1.807) is 0 Å². The summed E-state index contributed by atoms with van der Waals surface area (Å²) in [5.41, 5.74) is 0. The Hall–Kier alpha value is -0.0800. The van der Waals surface area contributed by atoms with Crippen LogP contribution in [0.15, 0.2) is 0 Å². The van der Waals surface area contributed by atoms with Crippen LogP contribution in [0, 0.1) is 0 Å². The van der Waals surface area contributed by atoms with Crippen molar-refractivity contribution in [2.45, 2.75) is 39.2 Å². The Labute approximate surface area is 76.3 Å². The molecule has 0 spiro atoms. The Morgan fingerprint density at radius 3 is 2.42 bits per heavy atom. The minimum atomic E-state index is 0.845. The van der Waals surface area contributed by atoms with Crippen LogP contribution in [0.2, 0.25) is 0 Å². The fourth-order valence-electron chi connectivity index (χ4n) is 2.03. The van der Waals surface area contributed by atoms with Crippen molar-refractivity contribution in [1.82, 2.24) is 10.2 Å². The first kappa shape index (κ1) is 10.0. The maximum absolute atomic E-state index is 3.39. The summed E-state index contributed by atoms with van der Waals surface area (Å²) in [4.78, 5) is 2.64. The second-order valence-electron chi connectivity index (χ2n) is 3.64. The zero-order valence-electron chi connectivity index (χ0n) is 8.47. The van der Waals surface area contributed by atoms with E-state index in [9.17, 15) is 0 Å². The first-order valence-electron chi connectivity index (χ1n) is 5.33. The molecule has 0 aliphatic carbocycles. The van der Waals surface area contributed by atoms with Gasteiger partial charge in [-0.15, -0.1) is 0 Å². The smallest absolute Gasteiger partial charge is 0.0110 e. The highest BCUT2D eigenvalue weighted by Crippen LogP contribution is 2.11. The number of nitrogens with zero attached hydrogens (tertiary/aromatic N) is 1. The summed E-state index contributed by atoms with van der Waals surface area (Å²) in [7, 11) is 0. The van der Waals surface area contributed by atoms with E-state index in [4.69, 9.17) is 0 Å². The van der Waals surface area contributed by atoms with Crippen LogP contribution in [0.25, 0.3) is 0 Å². The van der Waals surface area contributed by atoms with Crippen molar-refractivity contribution in [3.8, 4) is 0 Å². The zero-order chi connectivity index (χ0) is 8.81. The fourth-order valence-corrected chi connectivity index (χ4v) is 2.03. The van der Waals surface area contributed by atoms with E-state index >= 15 is 0 Å². The van der Waals surface area contributed by atoms with E-state index in [2.05, 4.69) is 24.1 Å². The first-order chi connectivity index (χ1) is 5.88. The molecule has 0 saturated carbocycles. The normalized spacial score (nSPS) is 22.5. The number of hydrogen-bond donors (Lipinski definition) is 1. The van der Waals surface area contributed by atoms with Crippen LogP contribution in [0.3, 0.4) is 0 Å². The molecule has 1 aliphatic heterocycles. The highest BCUT2D eigenvalue weighted by atomic mass is 15.2. The summed E-state index contributed by atoms with van der Waals surface area (Å²) in [6.07, 6.45) is 4.01. The molecule has 1 saturated heterocycles. The van der Waals surface area contributed by atoms with Crippen molar-refractivity contribution >= 4 is 0 Å². The van der Waals surface area contributed by atoms with Crippen molar-refractivity contribution in [1.29, 1.82) is 0 Å². The van der Waals surface area contributed by atoms with Crippen LogP contribution < -0.4 is 5.32 Å². The Kier molecular flexibility index (Phi) is 4.62. The second-order valence-corrected chi connectivity index (χ2v) is 3.64. The van der Waals surface area contributed by atoms with Gasteiger partial charge in [-0.3, -0.25) is 4.90 Å². The predicted molar refractivity (Wildman–Crippen MR) is 53.4 cm³/mol. The third-order valence-electron chi connectivity index (χ3n) is 2.76.